The van der Waals surface area contributed by atoms with Gasteiger partial charge in [0, 0.05) is 6.04 Å². The monoisotopic (exact) mass is 289 g/mol. The van der Waals surface area contributed by atoms with Crippen LogP contribution in [0, 0.1) is 0 Å². The molecule has 0 saturated carbocycles. The van der Waals surface area contributed by atoms with Gasteiger partial charge in [-0.1, -0.05) is 60.7 Å². The molecule has 2 aromatic carbocycles. The van der Waals surface area contributed by atoms with Crippen LogP contribution in [0.1, 0.15) is 31.0 Å². The van der Waals surface area contributed by atoms with Gasteiger partial charge in [-0.05, 0) is 25.0 Å². The van der Waals surface area contributed by atoms with Crippen molar-refractivity contribution in [3.63, 3.8) is 0 Å². The normalized spacial score (nSPS) is 11.8. The highest BCUT2D eigenvalue weighted by molar-refractivity contribution is 7.42. The van der Waals surface area contributed by atoms with Crippen LogP contribution in [0.5, 0.6) is 0 Å². The van der Waals surface area contributed by atoms with Crippen molar-refractivity contribution in [1.29, 1.82) is 0 Å². The van der Waals surface area contributed by atoms with E-state index in [0.29, 0.717) is 0 Å². The van der Waals surface area contributed by atoms with Crippen LogP contribution in [0.4, 0.5) is 0 Å². The fourth-order valence-electron chi connectivity index (χ4n) is 2.38. The number of hydrogen-bond donors (Lipinski definition) is 2. The minimum Gasteiger partial charge on any atom is -0.338 e. The molecule has 0 bridgehead atoms. The van der Waals surface area contributed by atoms with E-state index < -0.39 is 8.53 Å². The lowest BCUT2D eigenvalue weighted by Crippen LogP contribution is -2.31. The fraction of sp³-hybridized carbons (Fsp3) is 0.250. The Kier molecular flexibility index (Phi) is 5.27. The second-order valence-corrected chi connectivity index (χ2v) is 5.96. The summed E-state index contributed by atoms with van der Waals surface area (Å²) in [5.41, 5.74) is 2.12. The summed E-state index contributed by atoms with van der Waals surface area (Å²) in [7, 11) is -2.16. The third-order valence-corrected chi connectivity index (χ3v) is 4.34. The molecule has 0 aliphatic carbocycles. The van der Waals surface area contributed by atoms with Gasteiger partial charge in [-0.15, -0.1) is 0 Å². The lowest BCUT2D eigenvalue weighted by Gasteiger charge is -2.35. The van der Waals surface area contributed by atoms with Crippen molar-refractivity contribution in [1.82, 2.24) is 4.67 Å². The van der Waals surface area contributed by atoms with Gasteiger partial charge in [0.2, 0.25) is 0 Å². The van der Waals surface area contributed by atoms with Gasteiger partial charge in [0.25, 0.3) is 8.53 Å². The minimum atomic E-state index is -2.16. The maximum Gasteiger partial charge on any atom is 0.254 e. The van der Waals surface area contributed by atoms with Crippen molar-refractivity contribution in [3.05, 3.63) is 71.8 Å². The molecule has 0 aliphatic rings. The van der Waals surface area contributed by atoms with Crippen molar-refractivity contribution in [3.8, 4) is 0 Å². The molecule has 3 nitrogen and oxygen atoms in total. The molecule has 0 fully saturated rings. The predicted molar refractivity (Wildman–Crippen MR) is 83.1 cm³/mol. The maximum atomic E-state index is 9.82. The molecule has 106 valence electrons. The Morgan fingerprint density at radius 1 is 0.800 bits per heavy atom. The molecule has 2 N–H and O–H groups in total. The van der Waals surface area contributed by atoms with Crippen LogP contribution in [0.25, 0.3) is 0 Å². The predicted octanol–water partition coefficient (Wildman–Crippen LogP) is 3.70. The van der Waals surface area contributed by atoms with Gasteiger partial charge < -0.3 is 9.79 Å². The van der Waals surface area contributed by atoms with Gasteiger partial charge in [0.1, 0.15) is 0 Å². The molecule has 0 heterocycles. The second kappa shape index (κ2) is 6.96. The quantitative estimate of drug-likeness (QED) is 0.825. The van der Waals surface area contributed by atoms with E-state index in [9.17, 15) is 9.79 Å². The zero-order chi connectivity index (χ0) is 14.5. The van der Waals surface area contributed by atoms with Crippen LogP contribution in [-0.2, 0) is 0 Å². The summed E-state index contributed by atoms with van der Waals surface area (Å²) in [6.07, 6.45) is 0. The smallest absolute Gasteiger partial charge is 0.254 e. The summed E-state index contributed by atoms with van der Waals surface area (Å²) < 4.78 is 1.75. The number of hydrogen-bond acceptors (Lipinski definition) is 3. The third kappa shape index (κ3) is 3.44. The molecule has 20 heavy (non-hydrogen) atoms. The lowest BCUT2D eigenvalue weighted by atomic mass is 9.98. The molecular formula is C16H20NO2P. The van der Waals surface area contributed by atoms with E-state index in [-0.39, 0.29) is 12.1 Å². The molecular weight excluding hydrogens is 269 g/mol. The molecule has 2 rings (SSSR count). The van der Waals surface area contributed by atoms with E-state index in [1.807, 2.05) is 74.5 Å². The van der Waals surface area contributed by atoms with E-state index >= 15 is 0 Å². The number of benzene rings is 2. The topological polar surface area (TPSA) is 43.7 Å². The summed E-state index contributed by atoms with van der Waals surface area (Å²) in [5.74, 6) is 0. The maximum absolute atomic E-state index is 9.82. The van der Waals surface area contributed by atoms with Crippen LogP contribution in [-0.4, -0.2) is 20.5 Å². The summed E-state index contributed by atoms with van der Waals surface area (Å²) in [6, 6.07) is 19.8. The minimum absolute atomic E-state index is 0.0292. The van der Waals surface area contributed by atoms with Crippen molar-refractivity contribution in [2.24, 2.45) is 0 Å². The first-order valence-corrected chi connectivity index (χ1v) is 7.87. The Morgan fingerprint density at radius 3 is 1.50 bits per heavy atom. The van der Waals surface area contributed by atoms with Crippen LogP contribution in [0.3, 0.4) is 0 Å². The zero-order valence-electron chi connectivity index (χ0n) is 11.7. The van der Waals surface area contributed by atoms with Crippen LogP contribution in [0.15, 0.2) is 60.7 Å². The van der Waals surface area contributed by atoms with Crippen LogP contribution >= 0.6 is 8.53 Å². The molecule has 0 unspecified atom stereocenters. The van der Waals surface area contributed by atoms with Gasteiger partial charge in [-0.3, -0.25) is 0 Å². The summed E-state index contributed by atoms with van der Waals surface area (Å²) in [6.45, 7) is 3.95. The van der Waals surface area contributed by atoms with Gasteiger partial charge in [-0.25, -0.2) is 4.67 Å². The average molecular weight is 289 g/mol. The molecule has 0 aromatic heterocycles. The second-order valence-electron chi connectivity index (χ2n) is 4.97. The van der Waals surface area contributed by atoms with Gasteiger partial charge in [0.15, 0.2) is 0 Å². The van der Waals surface area contributed by atoms with Gasteiger partial charge in [-0.2, -0.15) is 0 Å². The average Bonchev–Trinajstić information content (AvgIpc) is 2.45. The van der Waals surface area contributed by atoms with E-state index in [2.05, 4.69) is 0 Å². The first-order valence-electron chi connectivity index (χ1n) is 6.67. The van der Waals surface area contributed by atoms with Crippen molar-refractivity contribution >= 4 is 8.53 Å². The van der Waals surface area contributed by atoms with E-state index in [1.54, 1.807) is 4.67 Å². The Morgan fingerprint density at radius 2 is 1.20 bits per heavy atom. The van der Waals surface area contributed by atoms with E-state index in [4.69, 9.17) is 0 Å². The highest BCUT2D eigenvalue weighted by Gasteiger charge is 2.29. The van der Waals surface area contributed by atoms with E-state index in [1.165, 1.54) is 0 Å². The first kappa shape index (κ1) is 15.1. The first-order chi connectivity index (χ1) is 9.61. The molecule has 0 atom stereocenters. The van der Waals surface area contributed by atoms with Crippen LogP contribution < -0.4 is 0 Å². The van der Waals surface area contributed by atoms with Crippen molar-refractivity contribution in [2.45, 2.75) is 25.9 Å². The highest BCUT2D eigenvalue weighted by Crippen LogP contribution is 2.43. The molecule has 4 heteroatoms. The number of rotatable bonds is 5. The Labute approximate surface area is 121 Å². The third-order valence-electron chi connectivity index (χ3n) is 3.23. The molecule has 2 aromatic rings. The Balaban J connectivity index is 2.49. The molecule has 0 amide bonds. The molecule has 0 spiro atoms. The van der Waals surface area contributed by atoms with Gasteiger partial charge in [0.05, 0.1) is 6.04 Å². The SMILES string of the molecule is CC(C)N(C(c1ccccc1)c1ccccc1)P(O)O. The van der Waals surface area contributed by atoms with Crippen molar-refractivity contribution in [2.75, 3.05) is 0 Å². The summed E-state index contributed by atoms with van der Waals surface area (Å²) in [5, 5.41) is 0. The van der Waals surface area contributed by atoms with E-state index in [0.717, 1.165) is 11.1 Å². The summed E-state index contributed by atoms with van der Waals surface area (Å²) in [4.78, 5) is 19.6. The Bertz CT molecular complexity index is 469. The highest BCUT2D eigenvalue weighted by atomic mass is 31.2. The molecule has 0 radical (unpaired) electrons. The zero-order valence-corrected chi connectivity index (χ0v) is 12.6. The lowest BCUT2D eigenvalue weighted by molar-refractivity contribution is 0.262. The Hall–Kier alpha value is -1.25. The number of nitrogens with zero attached hydrogens (tertiary/aromatic N) is 1. The molecule has 0 aliphatic heterocycles. The summed E-state index contributed by atoms with van der Waals surface area (Å²) >= 11 is 0. The largest absolute Gasteiger partial charge is 0.338 e. The molecule has 0 saturated heterocycles. The standard InChI is InChI=1S/C16H20NO2P/c1-13(2)17(20(18)19)16(14-9-5-3-6-10-14)15-11-7-4-8-12-15/h3-13,16,18-19H,1-2H3. The van der Waals surface area contributed by atoms with Crippen molar-refractivity contribution < 1.29 is 9.79 Å². The van der Waals surface area contributed by atoms with Gasteiger partial charge >= 0.3 is 0 Å². The van der Waals surface area contributed by atoms with Crippen LogP contribution in [0.2, 0.25) is 0 Å². The fourth-order valence-corrected chi connectivity index (χ4v) is 3.26.